The van der Waals surface area contributed by atoms with Gasteiger partial charge in [-0.25, -0.2) is 0 Å². The van der Waals surface area contributed by atoms with Gasteiger partial charge in [-0.15, -0.1) is 0 Å². The van der Waals surface area contributed by atoms with E-state index in [9.17, 15) is 0 Å². The van der Waals surface area contributed by atoms with E-state index >= 15 is 0 Å². The summed E-state index contributed by atoms with van der Waals surface area (Å²) in [6, 6.07) is 15.9. The molecule has 0 saturated heterocycles. The molecule has 1 saturated carbocycles. The Balaban J connectivity index is 1.78. The van der Waals surface area contributed by atoms with E-state index < -0.39 is 0 Å². The van der Waals surface area contributed by atoms with Crippen molar-refractivity contribution in [2.75, 3.05) is 12.4 Å². The van der Waals surface area contributed by atoms with Crippen LogP contribution in [0.2, 0.25) is 5.02 Å². The molecule has 24 heavy (non-hydrogen) atoms. The highest BCUT2D eigenvalue weighted by Crippen LogP contribution is 2.39. The molecule has 5 heteroatoms. The molecule has 1 aliphatic carbocycles. The smallest absolute Gasteiger partial charge is 0.171 e. The molecule has 0 atom stereocenters. The lowest BCUT2D eigenvalue weighted by Gasteiger charge is -2.32. The van der Waals surface area contributed by atoms with Crippen LogP contribution in [0.4, 0.5) is 5.69 Å². The summed E-state index contributed by atoms with van der Waals surface area (Å²) in [4.78, 5) is 0. The quantitative estimate of drug-likeness (QED) is 0.743. The van der Waals surface area contributed by atoms with Gasteiger partial charge in [0.2, 0.25) is 0 Å². The Morgan fingerprint density at radius 1 is 1.08 bits per heavy atom. The zero-order chi connectivity index (χ0) is 17.0. The third-order valence-corrected chi connectivity index (χ3v) is 5.11. The van der Waals surface area contributed by atoms with Gasteiger partial charge >= 0.3 is 0 Å². The van der Waals surface area contributed by atoms with Gasteiger partial charge in [0.1, 0.15) is 5.75 Å². The Labute approximate surface area is 153 Å². The van der Waals surface area contributed by atoms with Gasteiger partial charge in [-0.05, 0) is 54.9 Å². The van der Waals surface area contributed by atoms with Crippen molar-refractivity contribution in [1.29, 1.82) is 0 Å². The van der Waals surface area contributed by atoms with E-state index in [0.29, 0.717) is 10.1 Å². The molecule has 2 N–H and O–H groups in total. The molecule has 0 aromatic heterocycles. The summed E-state index contributed by atoms with van der Waals surface area (Å²) < 4.78 is 5.26. The van der Waals surface area contributed by atoms with Crippen molar-refractivity contribution in [3.05, 3.63) is 59.1 Å². The summed E-state index contributed by atoms with van der Waals surface area (Å²) in [6.07, 6.45) is 4.49. The second-order valence-corrected chi connectivity index (χ2v) is 6.89. The first-order chi connectivity index (χ1) is 11.6. The van der Waals surface area contributed by atoms with Gasteiger partial charge in [-0.1, -0.05) is 48.7 Å². The molecule has 0 spiro atoms. The zero-order valence-electron chi connectivity index (χ0n) is 13.6. The van der Waals surface area contributed by atoms with E-state index in [4.69, 9.17) is 28.6 Å². The Morgan fingerprint density at radius 3 is 2.38 bits per heavy atom. The van der Waals surface area contributed by atoms with E-state index in [2.05, 4.69) is 22.8 Å². The monoisotopic (exact) mass is 360 g/mol. The maximum Gasteiger partial charge on any atom is 0.171 e. The van der Waals surface area contributed by atoms with Gasteiger partial charge in [0, 0.05) is 0 Å². The topological polar surface area (TPSA) is 33.3 Å². The SMILES string of the molecule is COc1ccc(C2(NC(=S)Nc3ccccc3Cl)CCCC2)cc1. The van der Waals surface area contributed by atoms with Crippen molar-refractivity contribution < 1.29 is 4.74 Å². The predicted octanol–water partition coefficient (Wildman–Crippen LogP) is 5.10. The number of halogens is 1. The van der Waals surface area contributed by atoms with Gasteiger partial charge < -0.3 is 15.4 Å². The summed E-state index contributed by atoms with van der Waals surface area (Å²) in [6.45, 7) is 0. The van der Waals surface area contributed by atoms with E-state index in [1.807, 2.05) is 36.4 Å². The Bertz CT molecular complexity index is 712. The van der Waals surface area contributed by atoms with Gasteiger partial charge in [0.25, 0.3) is 0 Å². The highest BCUT2D eigenvalue weighted by Gasteiger charge is 2.36. The fourth-order valence-electron chi connectivity index (χ4n) is 3.31. The number of hydrogen-bond donors (Lipinski definition) is 2. The van der Waals surface area contributed by atoms with Crippen molar-refractivity contribution in [1.82, 2.24) is 5.32 Å². The average molecular weight is 361 g/mol. The number of benzene rings is 2. The van der Waals surface area contributed by atoms with Gasteiger partial charge in [0.05, 0.1) is 23.4 Å². The Kier molecular flexibility index (Phi) is 5.27. The number of para-hydroxylation sites is 1. The Morgan fingerprint density at radius 2 is 1.75 bits per heavy atom. The van der Waals surface area contributed by atoms with E-state index in [1.54, 1.807) is 7.11 Å². The van der Waals surface area contributed by atoms with Crippen molar-refractivity contribution in [2.45, 2.75) is 31.2 Å². The molecular weight excluding hydrogens is 340 g/mol. The van der Waals surface area contributed by atoms with E-state index in [1.165, 1.54) is 18.4 Å². The molecule has 1 fully saturated rings. The van der Waals surface area contributed by atoms with Crippen LogP contribution in [-0.4, -0.2) is 12.2 Å². The third-order valence-electron chi connectivity index (χ3n) is 4.57. The first-order valence-corrected chi connectivity index (χ1v) is 8.90. The number of ether oxygens (including phenoxy) is 1. The van der Waals surface area contributed by atoms with E-state index in [-0.39, 0.29) is 5.54 Å². The molecule has 126 valence electrons. The highest BCUT2D eigenvalue weighted by molar-refractivity contribution is 7.80. The Hall–Kier alpha value is -1.78. The number of anilines is 1. The van der Waals surface area contributed by atoms with Crippen LogP contribution in [0, 0.1) is 0 Å². The van der Waals surface area contributed by atoms with Crippen LogP contribution in [0.15, 0.2) is 48.5 Å². The largest absolute Gasteiger partial charge is 0.497 e. The van der Waals surface area contributed by atoms with Crippen LogP contribution in [-0.2, 0) is 5.54 Å². The summed E-state index contributed by atoms with van der Waals surface area (Å²) in [7, 11) is 1.68. The lowest BCUT2D eigenvalue weighted by atomic mass is 9.88. The normalized spacial score (nSPS) is 15.8. The average Bonchev–Trinajstić information content (AvgIpc) is 3.06. The minimum Gasteiger partial charge on any atom is -0.497 e. The first kappa shape index (κ1) is 17.1. The maximum absolute atomic E-state index is 6.21. The number of thiocarbonyl (C=S) groups is 1. The lowest BCUT2D eigenvalue weighted by Crippen LogP contribution is -2.45. The molecule has 0 amide bonds. The summed E-state index contributed by atoms with van der Waals surface area (Å²) in [5, 5.41) is 8.02. The van der Waals surface area contributed by atoms with Crippen LogP contribution in [0.1, 0.15) is 31.2 Å². The van der Waals surface area contributed by atoms with Crippen LogP contribution in [0.3, 0.4) is 0 Å². The van der Waals surface area contributed by atoms with Gasteiger partial charge in [0.15, 0.2) is 5.11 Å². The fraction of sp³-hybridized carbons (Fsp3) is 0.316. The minimum absolute atomic E-state index is 0.127. The number of methoxy groups -OCH3 is 1. The lowest BCUT2D eigenvalue weighted by molar-refractivity contribution is 0.401. The number of hydrogen-bond acceptors (Lipinski definition) is 2. The highest BCUT2D eigenvalue weighted by atomic mass is 35.5. The molecule has 0 bridgehead atoms. The van der Waals surface area contributed by atoms with Crippen molar-refractivity contribution in [2.24, 2.45) is 0 Å². The summed E-state index contributed by atoms with van der Waals surface area (Å²) in [5.74, 6) is 0.865. The third kappa shape index (κ3) is 3.65. The van der Waals surface area contributed by atoms with Gasteiger partial charge in [-0.2, -0.15) is 0 Å². The standard InChI is InChI=1S/C19H21ClN2OS/c1-23-15-10-8-14(9-11-15)19(12-4-5-13-19)22-18(24)21-17-7-3-2-6-16(17)20/h2-3,6-11H,4-5,12-13H2,1H3,(H2,21,22,24). The fourth-order valence-corrected chi connectivity index (χ4v) is 3.80. The molecule has 3 nitrogen and oxygen atoms in total. The van der Waals surface area contributed by atoms with E-state index in [0.717, 1.165) is 24.3 Å². The molecule has 0 heterocycles. The minimum atomic E-state index is -0.127. The van der Waals surface area contributed by atoms with Crippen molar-refractivity contribution in [3.63, 3.8) is 0 Å². The molecule has 3 rings (SSSR count). The molecular formula is C19H21ClN2OS. The van der Waals surface area contributed by atoms with Crippen molar-refractivity contribution in [3.8, 4) is 5.75 Å². The molecule has 0 radical (unpaired) electrons. The van der Waals surface area contributed by atoms with Crippen LogP contribution in [0.25, 0.3) is 0 Å². The predicted molar refractivity (Wildman–Crippen MR) is 104 cm³/mol. The van der Waals surface area contributed by atoms with Crippen LogP contribution >= 0.6 is 23.8 Å². The molecule has 2 aromatic carbocycles. The van der Waals surface area contributed by atoms with Crippen molar-refractivity contribution >= 4 is 34.6 Å². The molecule has 1 aliphatic rings. The summed E-state index contributed by atoms with van der Waals surface area (Å²) >= 11 is 11.8. The maximum atomic E-state index is 6.21. The number of nitrogens with one attached hydrogen (secondary N) is 2. The second-order valence-electron chi connectivity index (χ2n) is 6.08. The molecule has 0 unspecified atom stereocenters. The van der Waals surface area contributed by atoms with Gasteiger partial charge in [-0.3, -0.25) is 0 Å². The summed E-state index contributed by atoms with van der Waals surface area (Å²) in [5.41, 5.74) is 1.93. The molecule has 2 aromatic rings. The first-order valence-electron chi connectivity index (χ1n) is 8.11. The molecule has 0 aliphatic heterocycles. The van der Waals surface area contributed by atoms with Crippen LogP contribution in [0.5, 0.6) is 5.75 Å². The number of rotatable bonds is 4. The zero-order valence-corrected chi connectivity index (χ0v) is 15.2. The second kappa shape index (κ2) is 7.41. The van der Waals surface area contributed by atoms with Crippen LogP contribution < -0.4 is 15.4 Å².